The average molecular weight is 598 g/mol. The molecule has 0 saturated heterocycles. The quantitative estimate of drug-likeness (QED) is 0.264. The van der Waals surface area contributed by atoms with E-state index in [1.165, 1.54) is 62.9 Å². The topological polar surface area (TPSA) is 157 Å². The number of ether oxygens (including phenoxy) is 2. The highest BCUT2D eigenvalue weighted by Gasteiger charge is 2.28. The zero-order valence-corrected chi connectivity index (χ0v) is 23.9. The second kappa shape index (κ2) is 12.2. The summed E-state index contributed by atoms with van der Waals surface area (Å²) in [7, 11) is -5.38. The monoisotopic (exact) mass is 597 g/mol. The van der Waals surface area contributed by atoms with E-state index in [0.717, 1.165) is 4.31 Å². The molecule has 0 aliphatic rings. The lowest BCUT2D eigenvalue weighted by molar-refractivity contribution is -0.114. The summed E-state index contributed by atoms with van der Waals surface area (Å²) in [6, 6.07) is 19.3. The second-order valence-corrected chi connectivity index (χ2v) is 12.1. The predicted molar refractivity (Wildman–Crippen MR) is 153 cm³/mol. The SMILES string of the molecule is COc1ccc(S(=O)(=O)N(CC(=O)Nc2ccc(S(=O)(=O)Nc3nccc(C)n3)cc2)c2ccccc2)cc1OC. The molecule has 41 heavy (non-hydrogen) atoms. The normalized spacial score (nSPS) is 11.4. The third-order valence-electron chi connectivity index (χ3n) is 5.74. The number of aromatic nitrogens is 2. The molecular formula is C27H27N5O7S2. The molecule has 14 heteroatoms. The summed E-state index contributed by atoms with van der Waals surface area (Å²) in [5, 5.41) is 2.61. The Hall–Kier alpha value is -4.69. The Morgan fingerprint density at radius 3 is 2.15 bits per heavy atom. The van der Waals surface area contributed by atoms with Crippen LogP contribution in [0.5, 0.6) is 11.5 Å². The van der Waals surface area contributed by atoms with E-state index >= 15 is 0 Å². The van der Waals surface area contributed by atoms with Gasteiger partial charge in [-0.3, -0.25) is 9.10 Å². The number of hydrogen-bond donors (Lipinski definition) is 2. The highest BCUT2D eigenvalue weighted by molar-refractivity contribution is 7.93. The Bertz CT molecular complexity index is 1750. The molecule has 0 radical (unpaired) electrons. The lowest BCUT2D eigenvalue weighted by Gasteiger charge is -2.24. The lowest BCUT2D eigenvalue weighted by atomic mass is 10.3. The second-order valence-electron chi connectivity index (χ2n) is 8.56. The first-order valence-corrected chi connectivity index (χ1v) is 15.0. The Labute approximate surface area is 238 Å². The van der Waals surface area contributed by atoms with Crippen molar-refractivity contribution < 1.29 is 31.1 Å². The highest BCUT2D eigenvalue weighted by Crippen LogP contribution is 2.32. The highest BCUT2D eigenvalue weighted by atomic mass is 32.2. The number of nitrogens with one attached hydrogen (secondary N) is 2. The van der Waals surface area contributed by atoms with Crippen LogP contribution in [-0.2, 0) is 24.8 Å². The van der Waals surface area contributed by atoms with Crippen molar-refractivity contribution in [3.05, 3.63) is 90.8 Å². The van der Waals surface area contributed by atoms with Crippen LogP contribution in [0.25, 0.3) is 0 Å². The number of sulfonamides is 2. The summed E-state index contributed by atoms with van der Waals surface area (Å²) < 4.78 is 66.5. The van der Waals surface area contributed by atoms with E-state index in [-0.39, 0.29) is 32.9 Å². The molecule has 4 aromatic rings. The fourth-order valence-electron chi connectivity index (χ4n) is 3.74. The van der Waals surface area contributed by atoms with Gasteiger partial charge in [-0.25, -0.2) is 31.5 Å². The minimum absolute atomic E-state index is 0.0703. The van der Waals surface area contributed by atoms with Gasteiger partial charge in [-0.2, -0.15) is 0 Å². The zero-order chi connectivity index (χ0) is 29.6. The Kier molecular flexibility index (Phi) is 8.74. The minimum Gasteiger partial charge on any atom is -0.493 e. The van der Waals surface area contributed by atoms with Crippen LogP contribution >= 0.6 is 0 Å². The maximum atomic E-state index is 13.7. The third-order valence-corrected chi connectivity index (χ3v) is 8.86. The van der Waals surface area contributed by atoms with Gasteiger partial charge in [-0.05, 0) is 61.5 Å². The number of benzene rings is 3. The van der Waals surface area contributed by atoms with Crippen molar-refractivity contribution in [2.75, 3.05) is 35.1 Å². The van der Waals surface area contributed by atoms with Crippen molar-refractivity contribution in [3.8, 4) is 11.5 Å². The molecule has 1 heterocycles. The Morgan fingerprint density at radius 1 is 0.854 bits per heavy atom. The molecule has 1 aromatic heterocycles. The standard InChI is InChI=1S/C27H27N5O7S2/c1-19-15-16-28-27(29-19)31-40(34,35)22-11-9-20(10-12-22)30-26(33)18-32(21-7-5-4-6-8-21)41(36,37)23-13-14-24(38-2)25(17-23)39-3/h4-17H,18H2,1-3H3,(H,30,33)(H,28,29,31). The fourth-order valence-corrected chi connectivity index (χ4v) is 6.13. The molecule has 0 bridgehead atoms. The zero-order valence-electron chi connectivity index (χ0n) is 22.3. The van der Waals surface area contributed by atoms with Crippen molar-refractivity contribution in [2.24, 2.45) is 0 Å². The van der Waals surface area contributed by atoms with Gasteiger partial charge < -0.3 is 14.8 Å². The number of nitrogens with zero attached hydrogens (tertiary/aromatic N) is 3. The fraction of sp³-hybridized carbons (Fsp3) is 0.148. The number of amides is 1. The number of hydrogen-bond acceptors (Lipinski definition) is 9. The van der Waals surface area contributed by atoms with Crippen LogP contribution in [0.3, 0.4) is 0 Å². The Balaban J connectivity index is 1.54. The van der Waals surface area contributed by atoms with Gasteiger partial charge in [0, 0.05) is 23.6 Å². The number of para-hydroxylation sites is 1. The van der Waals surface area contributed by atoms with E-state index in [1.54, 1.807) is 43.3 Å². The maximum Gasteiger partial charge on any atom is 0.264 e. The summed E-state index contributed by atoms with van der Waals surface area (Å²) in [5.41, 5.74) is 1.12. The van der Waals surface area contributed by atoms with Crippen LogP contribution in [0.4, 0.5) is 17.3 Å². The van der Waals surface area contributed by atoms with E-state index in [4.69, 9.17) is 9.47 Å². The summed E-state index contributed by atoms with van der Waals surface area (Å²) >= 11 is 0. The lowest BCUT2D eigenvalue weighted by Crippen LogP contribution is -2.38. The van der Waals surface area contributed by atoms with Crippen molar-refractivity contribution >= 4 is 43.3 Å². The van der Waals surface area contributed by atoms with Crippen LogP contribution in [-0.4, -0.2) is 53.5 Å². The van der Waals surface area contributed by atoms with Crippen molar-refractivity contribution in [3.63, 3.8) is 0 Å². The van der Waals surface area contributed by atoms with Crippen LogP contribution in [0, 0.1) is 6.92 Å². The van der Waals surface area contributed by atoms with Gasteiger partial charge in [-0.15, -0.1) is 0 Å². The summed E-state index contributed by atoms with van der Waals surface area (Å²) in [6.45, 7) is 1.14. The number of carbonyl (C=O) groups is 1. The van der Waals surface area contributed by atoms with Crippen LogP contribution in [0.2, 0.25) is 0 Å². The molecule has 0 spiro atoms. The predicted octanol–water partition coefficient (Wildman–Crippen LogP) is 3.44. The van der Waals surface area contributed by atoms with Gasteiger partial charge in [-0.1, -0.05) is 18.2 Å². The molecule has 0 aliphatic heterocycles. The number of carbonyl (C=O) groups excluding carboxylic acids is 1. The molecule has 1 amide bonds. The van der Waals surface area contributed by atoms with E-state index < -0.39 is 32.5 Å². The molecule has 12 nitrogen and oxygen atoms in total. The molecule has 0 atom stereocenters. The van der Waals surface area contributed by atoms with Crippen LogP contribution in [0.15, 0.2) is 94.9 Å². The molecule has 2 N–H and O–H groups in total. The van der Waals surface area contributed by atoms with E-state index in [0.29, 0.717) is 11.4 Å². The molecule has 4 rings (SSSR count). The van der Waals surface area contributed by atoms with E-state index in [2.05, 4.69) is 20.0 Å². The van der Waals surface area contributed by atoms with E-state index in [9.17, 15) is 21.6 Å². The molecule has 0 aliphatic carbocycles. The first-order valence-electron chi connectivity index (χ1n) is 12.1. The van der Waals surface area contributed by atoms with Gasteiger partial charge in [0.15, 0.2) is 11.5 Å². The number of anilines is 3. The number of aryl methyl sites for hydroxylation is 1. The first-order chi connectivity index (χ1) is 19.5. The molecule has 214 valence electrons. The van der Waals surface area contributed by atoms with Gasteiger partial charge in [0.25, 0.3) is 20.0 Å². The van der Waals surface area contributed by atoms with Crippen molar-refractivity contribution in [1.82, 2.24) is 9.97 Å². The smallest absolute Gasteiger partial charge is 0.264 e. The van der Waals surface area contributed by atoms with Gasteiger partial charge in [0.05, 0.1) is 29.7 Å². The first kappa shape index (κ1) is 29.3. The minimum atomic E-state index is -4.22. The molecular weight excluding hydrogens is 570 g/mol. The average Bonchev–Trinajstić information content (AvgIpc) is 2.96. The Morgan fingerprint density at radius 2 is 1.51 bits per heavy atom. The van der Waals surface area contributed by atoms with E-state index in [1.807, 2.05) is 0 Å². The third kappa shape index (κ3) is 6.91. The molecule has 3 aromatic carbocycles. The van der Waals surface area contributed by atoms with Gasteiger partial charge >= 0.3 is 0 Å². The summed E-state index contributed by atoms with van der Waals surface area (Å²) in [5.74, 6) is -0.161. The van der Waals surface area contributed by atoms with Gasteiger partial charge in [0.2, 0.25) is 11.9 Å². The van der Waals surface area contributed by atoms with Gasteiger partial charge in [0.1, 0.15) is 6.54 Å². The summed E-state index contributed by atoms with van der Waals surface area (Å²) in [4.78, 5) is 20.8. The van der Waals surface area contributed by atoms with Crippen LogP contribution in [0.1, 0.15) is 5.69 Å². The number of rotatable bonds is 11. The summed E-state index contributed by atoms with van der Waals surface area (Å²) in [6.07, 6.45) is 1.43. The number of methoxy groups -OCH3 is 2. The van der Waals surface area contributed by atoms with Crippen molar-refractivity contribution in [2.45, 2.75) is 16.7 Å². The van der Waals surface area contributed by atoms with Crippen LogP contribution < -0.4 is 23.8 Å². The van der Waals surface area contributed by atoms with Crippen molar-refractivity contribution in [1.29, 1.82) is 0 Å². The molecule has 0 saturated carbocycles. The maximum absolute atomic E-state index is 13.7. The molecule has 0 unspecified atom stereocenters. The largest absolute Gasteiger partial charge is 0.493 e. The molecule has 0 fully saturated rings.